The van der Waals surface area contributed by atoms with E-state index in [0.717, 1.165) is 5.02 Å². The largest absolute Gasteiger partial charge is 0.267 e. The molecule has 2 aromatic heterocycles. The first-order chi connectivity index (χ1) is 4.86. The summed E-state index contributed by atoms with van der Waals surface area (Å²) >= 11 is 7.46. The first-order valence-electron chi connectivity index (χ1n) is 2.90. The van der Waals surface area contributed by atoms with Crippen LogP contribution >= 0.6 is 22.9 Å². The standard InChI is InChI=1S/C7H5ClNS/c8-6-1-2-7-9(5-6)3-4-10-7/h1-5H/q+1. The Morgan fingerprint density at radius 1 is 1.40 bits per heavy atom. The third kappa shape index (κ3) is 0.895. The van der Waals surface area contributed by atoms with Crippen LogP contribution in [-0.4, -0.2) is 0 Å². The van der Waals surface area contributed by atoms with Crippen molar-refractivity contribution in [3.05, 3.63) is 34.9 Å². The number of hydrogen-bond donors (Lipinski definition) is 0. The molecule has 0 atom stereocenters. The second-order valence-corrected chi connectivity index (χ2v) is 3.36. The number of halogens is 1. The zero-order valence-electron chi connectivity index (χ0n) is 5.12. The molecule has 2 aromatic rings. The molecular weight excluding hydrogens is 166 g/mol. The lowest BCUT2D eigenvalue weighted by Crippen LogP contribution is -2.15. The van der Waals surface area contributed by atoms with E-state index in [-0.39, 0.29) is 0 Å². The average molecular weight is 171 g/mol. The third-order valence-electron chi connectivity index (χ3n) is 1.31. The van der Waals surface area contributed by atoms with Gasteiger partial charge in [-0.05, 0) is 6.07 Å². The maximum Gasteiger partial charge on any atom is 0.267 e. The number of rotatable bonds is 0. The zero-order chi connectivity index (χ0) is 6.97. The molecule has 0 N–H and O–H groups in total. The monoisotopic (exact) mass is 170 g/mol. The van der Waals surface area contributed by atoms with Crippen LogP contribution in [0.25, 0.3) is 4.83 Å². The van der Waals surface area contributed by atoms with Gasteiger partial charge in [0.25, 0.3) is 4.83 Å². The van der Waals surface area contributed by atoms with Gasteiger partial charge in [-0.3, -0.25) is 0 Å². The molecule has 2 rings (SSSR count). The smallest absolute Gasteiger partial charge is 0.156 e. The van der Waals surface area contributed by atoms with E-state index in [2.05, 4.69) is 0 Å². The van der Waals surface area contributed by atoms with Crippen molar-refractivity contribution >= 4 is 27.8 Å². The van der Waals surface area contributed by atoms with Crippen LogP contribution in [0.2, 0.25) is 5.02 Å². The van der Waals surface area contributed by atoms with Gasteiger partial charge in [-0.2, -0.15) is 4.40 Å². The van der Waals surface area contributed by atoms with Crippen molar-refractivity contribution in [2.75, 3.05) is 0 Å². The molecule has 0 aliphatic heterocycles. The van der Waals surface area contributed by atoms with E-state index in [1.165, 1.54) is 4.83 Å². The molecule has 0 unspecified atom stereocenters. The van der Waals surface area contributed by atoms with Gasteiger partial charge in [-0.25, -0.2) is 0 Å². The SMILES string of the molecule is Clc1ccc2scc[n+]2c1. The molecule has 0 amide bonds. The highest BCUT2D eigenvalue weighted by Gasteiger charge is 2.01. The normalized spacial score (nSPS) is 10.5. The summed E-state index contributed by atoms with van der Waals surface area (Å²) in [6.45, 7) is 0. The Morgan fingerprint density at radius 2 is 2.30 bits per heavy atom. The summed E-state index contributed by atoms with van der Waals surface area (Å²) in [6.07, 6.45) is 3.89. The molecule has 50 valence electrons. The summed E-state index contributed by atoms with van der Waals surface area (Å²) in [7, 11) is 0. The molecule has 0 aliphatic carbocycles. The summed E-state index contributed by atoms with van der Waals surface area (Å²) in [4.78, 5) is 1.21. The van der Waals surface area contributed by atoms with E-state index in [9.17, 15) is 0 Å². The van der Waals surface area contributed by atoms with Crippen molar-refractivity contribution in [3.8, 4) is 0 Å². The lowest BCUT2D eigenvalue weighted by Gasteiger charge is -1.81. The highest BCUT2D eigenvalue weighted by atomic mass is 35.5. The molecule has 1 nitrogen and oxygen atoms in total. The Bertz CT molecular complexity index is 355. The number of fused-ring (bicyclic) bond motifs is 1. The van der Waals surface area contributed by atoms with Crippen LogP contribution in [-0.2, 0) is 0 Å². The molecule has 3 heteroatoms. The van der Waals surface area contributed by atoms with Gasteiger partial charge in [0.2, 0.25) is 0 Å². The summed E-state index contributed by atoms with van der Waals surface area (Å²) in [6, 6.07) is 3.90. The molecule has 0 aliphatic rings. The minimum atomic E-state index is 0.774. The summed E-state index contributed by atoms with van der Waals surface area (Å²) in [5.74, 6) is 0. The summed E-state index contributed by atoms with van der Waals surface area (Å²) in [5, 5.41) is 2.81. The topological polar surface area (TPSA) is 4.10 Å². The van der Waals surface area contributed by atoms with E-state index >= 15 is 0 Å². The predicted molar refractivity (Wildman–Crippen MR) is 42.5 cm³/mol. The Labute approximate surface area is 67.5 Å². The van der Waals surface area contributed by atoms with Crippen LogP contribution < -0.4 is 4.40 Å². The molecule has 0 bridgehead atoms. The lowest BCUT2D eigenvalue weighted by molar-refractivity contribution is -0.507. The predicted octanol–water partition coefficient (Wildman–Crippen LogP) is 2.14. The Balaban J connectivity index is 2.86. The fraction of sp³-hybridized carbons (Fsp3) is 0. The summed E-state index contributed by atoms with van der Waals surface area (Å²) in [5.41, 5.74) is 0. The maximum atomic E-state index is 5.76. The van der Waals surface area contributed by atoms with Crippen LogP contribution in [0.15, 0.2) is 29.9 Å². The van der Waals surface area contributed by atoms with Crippen molar-refractivity contribution < 1.29 is 4.40 Å². The van der Waals surface area contributed by atoms with Gasteiger partial charge < -0.3 is 0 Å². The minimum Gasteiger partial charge on any atom is -0.156 e. The minimum absolute atomic E-state index is 0.774. The molecule has 0 aromatic carbocycles. The number of aromatic nitrogens is 1. The van der Waals surface area contributed by atoms with E-state index in [4.69, 9.17) is 11.6 Å². The van der Waals surface area contributed by atoms with Gasteiger partial charge in [0.1, 0.15) is 5.02 Å². The fourth-order valence-corrected chi connectivity index (χ4v) is 1.74. The molecule has 0 fully saturated rings. The Hall–Kier alpha value is -0.600. The first kappa shape index (κ1) is 6.13. The van der Waals surface area contributed by atoms with E-state index < -0.39 is 0 Å². The van der Waals surface area contributed by atoms with Crippen molar-refractivity contribution in [3.63, 3.8) is 0 Å². The van der Waals surface area contributed by atoms with Gasteiger partial charge in [0.15, 0.2) is 12.4 Å². The van der Waals surface area contributed by atoms with Crippen molar-refractivity contribution in [1.29, 1.82) is 0 Å². The highest BCUT2D eigenvalue weighted by molar-refractivity contribution is 7.14. The quantitative estimate of drug-likeness (QED) is 0.534. The number of pyridine rings is 1. The van der Waals surface area contributed by atoms with Gasteiger partial charge in [0.05, 0.1) is 5.38 Å². The maximum absolute atomic E-state index is 5.76. The molecular formula is C7H5ClNS+. The van der Waals surface area contributed by atoms with Gasteiger partial charge in [-0.15, -0.1) is 0 Å². The Morgan fingerprint density at radius 3 is 3.20 bits per heavy atom. The molecule has 0 spiro atoms. The van der Waals surface area contributed by atoms with Crippen LogP contribution in [0, 0.1) is 0 Å². The Kier molecular flexibility index (Phi) is 1.36. The van der Waals surface area contributed by atoms with Crippen molar-refractivity contribution in [2.45, 2.75) is 0 Å². The van der Waals surface area contributed by atoms with E-state index in [1.54, 1.807) is 11.3 Å². The van der Waals surface area contributed by atoms with Crippen molar-refractivity contribution in [2.24, 2.45) is 0 Å². The van der Waals surface area contributed by atoms with Crippen LogP contribution in [0.1, 0.15) is 0 Å². The van der Waals surface area contributed by atoms with Crippen LogP contribution in [0.5, 0.6) is 0 Å². The number of thiazole rings is 1. The third-order valence-corrected chi connectivity index (χ3v) is 2.38. The number of hydrogen-bond acceptors (Lipinski definition) is 1. The molecule has 10 heavy (non-hydrogen) atoms. The van der Waals surface area contributed by atoms with Crippen LogP contribution in [0.4, 0.5) is 0 Å². The van der Waals surface area contributed by atoms with E-state index in [1.807, 2.05) is 34.3 Å². The molecule has 2 heterocycles. The first-order valence-corrected chi connectivity index (χ1v) is 4.16. The number of nitrogens with zero attached hydrogens (tertiary/aromatic N) is 1. The highest BCUT2D eigenvalue weighted by Crippen LogP contribution is 2.09. The van der Waals surface area contributed by atoms with Crippen molar-refractivity contribution in [1.82, 2.24) is 0 Å². The molecule has 0 radical (unpaired) electrons. The second-order valence-electron chi connectivity index (χ2n) is 2.00. The second kappa shape index (κ2) is 2.22. The van der Waals surface area contributed by atoms with Gasteiger partial charge >= 0.3 is 0 Å². The molecule has 0 saturated heterocycles. The van der Waals surface area contributed by atoms with E-state index in [0.29, 0.717) is 0 Å². The fourth-order valence-electron chi connectivity index (χ4n) is 0.859. The summed E-state index contributed by atoms with van der Waals surface area (Å²) < 4.78 is 2.01. The van der Waals surface area contributed by atoms with Crippen LogP contribution in [0.3, 0.4) is 0 Å². The molecule has 0 saturated carbocycles. The zero-order valence-corrected chi connectivity index (χ0v) is 6.69. The van der Waals surface area contributed by atoms with Gasteiger partial charge in [0, 0.05) is 6.07 Å². The lowest BCUT2D eigenvalue weighted by atomic mass is 10.5. The average Bonchev–Trinajstić information content (AvgIpc) is 2.33. The van der Waals surface area contributed by atoms with Gasteiger partial charge in [-0.1, -0.05) is 22.9 Å².